The van der Waals surface area contributed by atoms with Crippen LogP contribution in [-0.2, 0) is 9.59 Å². The molecule has 0 radical (unpaired) electrons. The molecule has 1 amide bonds. The number of carbonyl (C=O) groups is 2. The Hall–Kier alpha value is -4.20. The van der Waals surface area contributed by atoms with Gasteiger partial charge in [-0.3, -0.25) is 14.5 Å². The Balaban J connectivity index is 1.71. The Morgan fingerprint density at radius 3 is 2.45 bits per heavy atom. The van der Waals surface area contributed by atoms with Crippen LogP contribution in [0.15, 0.2) is 58.5 Å². The highest BCUT2D eigenvalue weighted by Crippen LogP contribution is 2.46. The number of benzene rings is 2. The summed E-state index contributed by atoms with van der Waals surface area (Å²) in [6.07, 6.45) is 0. The molecule has 1 fully saturated rings. The van der Waals surface area contributed by atoms with Gasteiger partial charge in [0.1, 0.15) is 42.3 Å². The first-order chi connectivity index (χ1) is 15.8. The van der Waals surface area contributed by atoms with E-state index in [-0.39, 0.29) is 28.5 Å². The Morgan fingerprint density at radius 2 is 1.73 bits per heavy atom. The molecule has 1 aromatic heterocycles. The summed E-state index contributed by atoms with van der Waals surface area (Å²) < 4.78 is 16.9. The minimum Gasteiger partial charge on any atom is -0.507 e. The van der Waals surface area contributed by atoms with Crippen LogP contribution in [0, 0.1) is 13.8 Å². The predicted molar refractivity (Wildman–Crippen MR) is 119 cm³/mol. The monoisotopic (exact) mass is 447 g/mol. The van der Waals surface area contributed by atoms with Gasteiger partial charge < -0.3 is 24.1 Å². The minimum atomic E-state index is -1.07. The molecule has 8 heteroatoms. The first-order valence-electron chi connectivity index (χ1n) is 10.4. The molecule has 0 spiro atoms. The van der Waals surface area contributed by atoms with E-state index in [0.29, 0.717) is 36.0 Å². The van der Waals surface area contributed by atoms with E-state index in [1.807, 2.05) is 0 Å². The number of aryl methyl sites for hydroxylation is 2. The van der Waals surface area contributed by atoms with Crippen molar-refractivity contribution in [2.45, 2.75) is 19.9 Å². The van der Waals surface area contributed by atoms with Crippen molar-refractivity contribution >= 4 is 23.1 Å². The van der Waals surface area contributed by atoms with E-state index in [1.54, 1.807) is 56.3 Å². The molecule has 1 atom stereocenters. The average Bonchev–Trinajstić information content (AvgIpc) is 3.35. The second-order valence-electron chi connectivity index (χ2n) is 7.97. The van der Waals surface area contributed by atoms with Crippen molar-refractivity contribution in [3.05, 3.63) is 76.8 Å². The van der Waals surface area contributed by atoms with Crippen LogP contribution in [0.25, 0.3) is 5.76 Å². The average molecular weight is 447 g/mol. The highest BCUT2D eigenvalue weighted by atomic mass is 16.6. The molecule has 3 aromatic rings. The molecule has 2 aliphatic heterocycles. The largest absolute Gasteiger partial charge is 0.507 e. The lowest BCUT2D eigenvalue weighted by atomic mass is 9.98. The zero-order valence-electron chi connectivity index (χ0n) is 18.0. The molecule has 0 bridgehead atoms. The second kappa shape index (κ2) is 7.74. The molecular weight excluding hydrogens is 426 g/mol. The lowest BCUT2D eigenvalue weighted by Gasteiger charge is -2.24. The number of anilines is 1. The van der Waals surface area contributed by atoms with Crippen LogP contribution in [0.5, 0.6) is 17.2 Å². The van der Waals surface area contributed by atoms with E-state index in [0.717, 1.165) is 10.5 Å². The molecular formula is C25H21NO7. The number of amides is 1. The Kier molecular flexibility index (Phi) is 4.85. The Bertz CT molecular complexity index is 1320. The fourth-order valence-corrected chi connectivity index (χ4v) is 4.12. The van der Waals surface area contributed by atoms with Gasteiger partial charge in [-0.25, -0.2) is 0 Å². The standard InChI is InChI=1S/C25H21NO7/c1-13-3-6-17(27)16(11-13)26-22(19-7-4-14(2)33-19)21(24(29)25(26)30)23(28)15-5-8-18-20(12-15)32-10-9-31-18/h3-8,11-12,22,27-28H,9-10H2,1-2H3/b23-21-. The number of fused-ring (bicyclic) bond motifs is 1. The van der Waals surface area contributed by atoms with Gasteiger partial charge in [0.05, 0.1) is 11.3 Å². The molecule has 0 saturated carbocycles. The fourth-order valence-electron chi connectivity index (χ4n) is 4.12. The van der Waals surface area contributed by atoms with E-state index in [1.165, 1.54) is 6.07 Å². The van der Waals surface area contributed by atoms with Gasteiger partial charge >= 0.3 is 0 Å². The first-order valence-corrected chi connectivity index (χ1v) is 10.4. The molecule has 2 aromatic carbocycles. The second-order valence-corrected chi connectivity index (χ2v) is 7.97. The number of carbonyl (C=O) groups excluding carboxylic acids is 2. The number of nitrogens with zero attached hydrogens (tertiary/aromatic N) is 1. The molecule has 1 unspecified atom stereocenters. The van der Waals surface area contributed by atoms with Crippen molar-refractivity contribution in [2.24, 2.45) is 0 Å². The molecule has 2 N–H and O–H groups in total. The van der Waals surface area contributed by atoms with E-state index in [4.69, 9.17) is 13.9 Å². The summed E-state index contributed by atoms with van der Waals surface area (Å²) >= 11 is 0. The van der Waals surface area contributed by atoms with Crippen LogP contribution < -0.4 is 14.4 Å². The zero-order chi connectivity index (χ0) is 23.3. The number of rotatable bonds is 3. The van der Waals surface area contributed by atoms with Crippen LogP contribution in [0.2, 0.25) is 0 Å². The smallest absolute Gasteiger partial charge is 0.300 e. The lowest BCUT2D eigenvalue weighted by Crippen LogP contribution is -2.29. The number of ether oxygens (including phenoxy) is 2. The topological polar surface area (TPSA) is 109 Å². The van der Waals surface area contributed by atoms with Gasteiger partial charge in [-0.15, -0.1) is 0 Å². The molecule has 33 heavy (non-hydrogen) atoms. The van der Waals surface area contributed by atoms with Gasteiger partial charge in [0.15, 0.2) is 11.5 Å². The number of aliphatic hydroxyl groups is 1. The Labute approximate surface area is 189 Å². The molecule has 1 saturated heterocycles. The van der Waals surface area contributed by atoms with Crippen molar-refractivity contribution in [2.75, 3.05) is 18.1 Å². The van der Waals surface area contributed by atoms with E-state index >= 15 is 0 Å². The summed E-state index contributed by atoms with van der Waals surface area (Å²) in [5.41, 5.74) is 1.08. The first kappa shape index (κ1) is 20.7. The number of aromatic hydroxyl groups is 1. The fraction of sp³-hybridized carbons (Fsp3) is 0.200. The SMILES string of the molecule is Cc1ccc(O)c(N2C(=O)C(=O)/C(=C(\O)c3ccc4c(c3)OCCO4)C2c2ccc(C)o2)c1. The number of hydrogen-bond donors (Lipinski definition) is 2. The molecule has 5 rings (SSSR count). The summed E-state index contributed by atoms with van der Waals surface area (Å²) in [5, 5.41) is 21.7. The van der Waals surface area contributed by atoms with Gasteiger partial charge in [0.25, 0.3) is 11.7 Å². The van der Waals surface area contributed by atoms with E-state index < -0.39 is 17.7 Å². The number of hydrogen-bond acceptors (Lipinski definition) is 7. The van der Waals surface area contributed by atoms with Crippen LogP contribution in [-0.4, -0.2) is 35.1 Å². The van der Waals surface area contributed by atoms with Gasteiger partial charge in [0.2, 0.25) is 0 Å². The number of aliphatic hydroxyl groups excluding tert-OH is 1. The maximum Gasteiger partial charge on any atom is 0.300 e. The van der Waals surface area contributed by atoms with Crippen LogP contribution in [0.1, 0.15) is 28.7 Å². The highest BCUT2D eigenvalue weighted by molar-refractivity contribution is 6.51. The molecule has 8 nitrogen and oxygen atoms in total. The van der Waals surface area contributed by atoms with E-state index in [9.17, 15) is 19.8 Å². The van der Waals surface area contributed by atoms with Crippen molar-refractivity contribution in [3.8, 4) is 17.2 Å². The van der Waals surface area contributed by atoms with Gasteiger partial charge in [-0.05, 0) is 61.9 Å². The van der Waals surface area contributed by atoms with Crippen molar-refractivity contribution < 1.29 is 33.7 Å². The minimum absolute atomic E-state index is 0.146. The maximum atomic E-state index is 13.2. The van der Waals surface area contributed by atoms with Gasteiger partial charge in [-0.1, -0.05) is 6.07 Å². The highest BCUT2D eigenvalue weighted by Gasteiger charge is 2.49. The number of phenols is 1. The summed E-state index contributed by atoms with van der Waals surface area (Å²) in [5.74, 6) is -0.497. The van der Waals surface area contributed by atoms with Gasteiger partial charge in [0, 0.05) is 5.56 Å². The predicted octanol–water partition coefficient (Wildman–Crippen LogP) is 4.00. The quantitative estimate of drug-likeness (QED) is 0.355. The van der Waals surface area contributed by atoms with Crippen molar-refractivity contribution in [1.29, 1.82) is 0 Å². The molecule has 168 valence electrons. The number of ketones is 1. The number of phenolic OH excluding ortho intramolecular Hbond substituents is 1. The summed E-state index contributed by atoms with van der Waals surface area (Å²) in [6, 6.07) is 11.8. The third-order valence-electron chi connectivity index (χ3n) is 5.68. The molecule has 2 aliphatic rings. The van der Waals surface area contributed by atoms with Gasteiger partial charge in [-0.2, -0.15) is 0 Å². The maximum absolute atomic E-state index is 13.2. The summed E-state index contributed by atoms with van der Waals surface area (Å²) in [7, 11) is 0. The van der Waals surface area contributed by atoms with Crippen molar-refractivity contribution in [3.63, 3.8) is 0 Å². The summed E-state index contributed by atoms with van der Waals surface area (Å²) in [4.78, 5) is 27.5. The summed E-state index contributed by atoms with van der Waals surface area (Å²) in [6.45, 7) is 4.32. The zero-order valence-corrected chi connectivity index (χ0v) is 18.0. The molecule has 3 heterocycles. The normalized spacial score (nSPS) is 19.2. The van der Waals surface area contributed by atoms with E-state index in [2.05, 4.69) is 0 Å². The Morgan fingerprint density at radius 1 is 0.970 bits per heavy atom. The number of Topliss-reactive ketones (excluding diaryl/α,β-unsaturated/α-hetero) is 1. The lowest BCUT2D eigenvalue weighted by molar-refractivity contribution is -0.132. The molecule has 0 aliphatic carbocycles. The number of furan rings is 1. The van der Waals surface area contributed by atoms with Crippen molar-refractivity contribution in [1.82, 2.24) is 0 Å². The third kappa shape index (κ3) is 3.40. The van der Waals surface area contributed by atoms with Crippen LogP contribution in [0.3, 0.4) is 0 Å². The third-order valence-corrected chi connectivity index (χ3v) is 5.68. The van der Waals surface area contributed by atoms with Crippen LogP contribution in [0.4, 0.5) is 5.69 Å². The van der Waals surface area contributed by atoms with Crippen LogP contribution >= 0.6 is 0 Å².